The number of thiol groups is 1. The van der Waals surface area contributed by atoms with Gasteiger partial charge in [0.1, 0.15) is 11.2 Å². The van der Waals surface area contributed by atoms with Gasteiger partial charge in [-0.2, -0.15) is 13.2 Å². The van der Waals surface area contributed by atoms with Crippen molar-refractivity contribution in [3.8, 4) is 22.4 Å². The van der Waals surface area contributed by atoms with Gasteiger partial charge in [-0.25, -0.2) is 15.0 Å². The molecule has 0 aliphatic rings. The monoisotopic (exact) mass is 489 g/mol. The van der Waals surface area contributed by atoms with Crippen molar-refractivity contribution in [3.63, 3.8) is 0 Å². The number of hydrogen-bond acceptors (Lipinski definition) is 5. The van der Waals surface area contributed by atoms with Gasteiger partial charge in [-0.3, -0.25) is 0 Å². The Labute approximate surface area is 201 Å². The third kappa shape index (κ3) is 3.50. The second kappa shape index (κ2) is 7.78. The Morgan fingerprint density at radius 3 is 2.41 bits per heavy atom. The Hall–Kier alpha value is -3.49. The highest BCUT2D eigenvalue weighted by Gasteiger charge is 2.30. The largest absolute Gasteiger partial charge is 0.416 e. The lowest BCUT2D eigenvalue weighted by molar-refractivity contribution is -0.137. The molecule has 3 nitrogen and oxygen atoms in total. The quantitative estimate of drug-likeness (QED) is 0.198. The molecule has 0 radical (unpaired) electrons. The molecule has 0 spiro atoms. The van der Waals surface area contributed by atoms with Crippen LogP contribution in [-0.2, 0) is 6.18 Å². The first-order valence-electron chi connectivity index (χ1n) is 10.3. The molecule has 34 heavy (non-hydrogen) atoms. The fourth-order valence-corrected chi connectivity index (χ4v) is 5.38. The molecule has 0 atom stereocenters. The molecule has 0 fully saturated rings. The molecule has 0 amide bonds. The van der Waals surface area contributed by atoms with Crippen molar-refractivity contribution in [2.45, 2.75) is 11.1 Å². The summed E-state index contributed by atoms with van der Waals surface area (Å²) >= 11 is 6.10. The zero-order valence-electron chi connectivity index (χ0n) is 17.3. The summed E-state index contributed by atoms with van der Waals surface area (Å²) in [6, 6.07) is 18.9. The molecule has 8 heteroatoms. The SMILES string of the molecule is FC(F)(F)c1ccc(-c2cc(-c3ncnc4scc(S)c34)c3cc4ccccc4nc3c2)cc1. The van der Waals surface area contributed by atoms with Gasteiger partial charge in [0.25, 0.3) is 0 Å². The van der Waals surface area contributed by atoms with Gasteiger partial charge < -0.3 is 0 Å². The van der Waals surface area contributed by atoms with Crippen molar-refractivity contribution in [1.82, 2.24) is 15.0 Å². The number of aromatic nitrogens is 3. The molecular formula is C26H14F3N3S2. The lowest BCUT2D eigenvalue weighted by Crippen LogP contribution is -2.04. The fourth-order valence-electron chi connectivity index (χ4n) is 4.16. The van der Waals surface area contributed by atoms with Crippen molar-refractivity contribution < 1.29 is 13.2 Å². The van der Waals surface area contributed by atoms with E-state index in [9.17, 15) is 13.2 Å². The van der Waals surface area contributed by atoms with E-state index in [4.69, 9.17) is 4.98 Å². The van der Waals surface area contributed by atoms with E-state index in [-0.39, 0.29) is 0 Å². The van der Waals surface area contributed by atoms with Gasteiger partial charge in [0, 0.05) is 26.6 Å². The Kier molecular flexibility index (Phi) is 4.82. The molecule has 0 aliphatic heterocycles. The minimum Gasteiger partial charge on any atom is -0.248 e. The lowest BCUT2D eigenvalue weighted by atomic mass is 9.95. The van der Waals surface area contributed by atoms with Crippen molar-refractivity contribution >= 4 is 56.0 Å². The Bertz CT molecular complexity index is 1710. The molecular weight excluding hydrogens is 475 g/mol. The number of nitrogens with zero attached hydrogens (tertiary/aromatic N) is 3. The Morgan fingerprint density at radius 2 is 1.62 bits per heavy atom. The molecule has 0 aliphatic carbocycles. The summed E-state index contributed by atoms with van der Waals surface area (Å²) < 4.78 is 39.3. The molecule has 3 heterocycles. The molecule has 166 valence electrons. The summed E-state index contributed by atoms with van der Waals surface area (Å²) in [4.78, 5) is 15.4. The van der Waals surface area contributed by atoms with E-state index < -0.39 is 11.7 Å². The maximum atomic E-state index is 13.1. The molecule has 0 saturated carbocycles. The van der Waals surface area contributed by atoms with Crippen LogP contribution in [0.1, 0.15) is 5.56 Å². The minimum absolute atomic E-state index is 0.660. The summed E-state index contributed by atoms with van der Waals surface area (Å²) in [6.45, 7) is 0. The van der Waals surface area contributed by atoms with Crippen LogP contribution in [0.5, 0.6) is 0 Å². The van der Waals surface area contributed by atoms with E-state index in [0.717, 1.165) is 60.2 Å². The highest BCUT2D eigenvalue weighted by molar-refractivity contribution is 7.80. The molecule has 6 rings (SSSR count). The number of pyridine rings is 1. The zero-order chi connectivity index (χ0) is 23.4. The smallest absolute Gasteiger partial charge is 0.248 e. The normalized spacial score (nSPS) is 12.1. The zero-order valence-corrected chi connectivity index (χ0v) is 19.0. The second-order valence-corrected chi connectivity index (χ2v) is 9.21. The van der Waals surface area contributed by atoms with E-state index in [1.54, 1.807) is 0 Å². The molecule has 0 saturated heterocycles. The second-order valence-electron chi connectivity index (χ2n) is 7.87. The Morgan fingerprint density at radius 1 is 0.824 bits per heavy atom. The predicted octanol–water partition coefficient (Wildman–Crippen LogP) is 8.03. The van der Waals surface area contributed by atoms with Crippen LogP contribution in [0.15, 0.2) is 83.3 Å². The summed E-state index contributed by atoms with van der Waals surface area (Å²) in [6.07, 6.45) is -2.87. The number of rotatable bonds is 2. The first-order chi connectivity index (χ1) is 16.4. The first-order valence-corrected chi connectivity index (χ1v) is 11.6. The molecule has 0 unspecified atom stereocenters. The van der Waals surface area contributed by atoms with E-state index in [1.165, 1.54) is 29.8 Å². The van der Waals surface area contributed by atoms with Crippen molar-refractivity contribution in [3.05, 3.63) is 84.0 Å². The Balaban J connectivity index is 1.66. The van der Waals surface area contributed by atoms with Crippen molar-refractivity contribution in [2.24, 2.45) is 0 Å². The van der Waals surface area contributed by atoms with Crippen LogP contribution in [0.25, 0.3) is 54.4 Å². The van der Waals surface area contributed by atoms with E-state index in [2.05, 4.69) is 28.7 Å². The number of halogens is 3. The van der Waals surface area contributed by atoms with Gasteiger partial charge in [-0.15, -0.1) is 24.0 Å². The van der Waals surface area contributed by atoms with Crippen molar-refractivity contribution in [2.75, 3.05) is 0 Å². The molecule has 0 N–H and O–H groups in total. The average Bonchev–Trinajstić information content (AvgIpc) is 3.22. The molecule has 3 aromatic heterocycles. The molecule has 3 aromatic carbocycles. The summed E-state index contributed by atoms with van der Waals surface area (Å²) in [5.74, 6) is 0. The highest BCUT2D eigenvalue weighted by atomic mass is 32.1. The van der Waals surface area contributed by atoms with Crippen LogP contribution in [0.2, 0.25) is 0 Å². The van der Waals surface area contributed by atoms with E-state index >= 15 is 0 Å². The number of thiophene rings is 1. The van der Waals surface area contributed by atoms with Crippen LogP contribution in [0.3, 0.4) is 0 Å². The van der Waals surface area contributed by atoms with E-state index in [1.807, 2.05) is 41.8 Å². The van der Waals surface area contributed by atoms with Crippen LogP contribution >= 0.6 is 24.0 Å². The predicted molar refractivity (Wildman–Crippen MR) is 133 cm³/mol. The minimum atomic E-state index is -4.39. The van der Waals surface area contributed by atoms with E-state index in [0.29, 0.717) is 11.3 Å². The highest BCUT2D eigenvalue weighted by Crippen LogP contribution is 2.40. The summed E-state index contributed by atoms with van der Waals surface area (Å²) in [7, 11) is 0. The lowest BCUT2D eigenvalue weighted by Gasteiger charge is -2.13. The van der Waals surface area contributed by atoms with Gasteiger partial charge in [-0.05, 0) is 47.5 Å². The summed E-state index contributed by atoms with van der Waals surface area (Å²) in [5, 5.41) is 4.64. The van der Waals surface area contributed by atoms with Crippen LogP contribution < -0.4 is 0 Å². The average molecular weight is 490 g/mol. The van der Waals surface area contributed by atoms with Gasteiger partial charge in [0.05, 0.1) is 27.7 Å². The molecule has 0 bridgehead atoms. The number of para-hydroxylation sites is 1. The van der Waals surface area contributed by atoms with Gasteiger partial charge in [0.2, 0.25) is 0 Å². The van der Waals surface area contributed by atoms with Crippen molar-refractivity contribution in [1.29, 1.82) is 0 Å². The molecule has 6 aromatic rings. The third-order valence-electron chi connectivity index (χ3n) is 5.79. The van der Waals surface area contributed by atoms with Gasteiger partial charge >= 0.3 is 6.18 Å². The standard InChI is InChI=1S/C26H14F3N3S2/c27-26(28,29)17-7-5-14(6-8-17)16-10-19(24-23-22(33)12-34-25(23)31-13-30-24)18-9-15-3-1-2-4-20(15)32-21(18)11-16/h1-13,33H. The topological polar surface area (TPSA) is 38.7 Å². The van der Waals surface area contributed by atoms with Crippen LogP contribution in [-0.4, -0.2) is 15.0 Å². The number of benzene rings is 3. The number of alkyl halides is 3. The van der Waals surface area contributed by atoms with Crippen LogP contribution in [0, 0.1) is 0 Å². The van der Waals surface area contributed by atoms with Gasteiger partial charge in [-0.1, -0.05) is 30.3 Å². The van der Waals surface area contributed by atoms with Crippen LogP contribution in [0.4, 0.5) is 13.2 Å². The number of fused-ring (bicyclic) bond motifs is 3. The first kappa shape index (κ1) is 21.1. The maximum Gasteiger partial charge on any atom is 0.416 e. The maximum absolute atomic E-state index is 13.1. The van der Waals surface area contributed by atoms with Gasteiger partial charge in [0.15, 0.2) is 0 Å². The fraction of sp³-hybridized carbons (Fsp3) is 0.0385. The number of hydrogen-bond donors (Lipinski definition) is 1. The third-order valence-corrected chi connectivity index (χ3v) is 7.20. The summed E-state index contributed by atoms with van der Waals surface area (Å²) in [5.41, 5.74) is 3.84.